The maximum Gasteiger partial charge on any atom is 0.323 e. The molecule has 3 atom stereocenters. The lowest BCUT2D eigenvalue weighted by Crippen LogP contribution is -2.52. The van der Waals surface area contributed by atoms with Crippen molar-refractivity contribution in [3.05, 3.63) is 102 Å². The lowest BCUT2D eigenvalue weighted by atomic mass is 9.71. The number of carbonyl (C=O) groups is 3. The fraction of sp³-hybridized carbons (Fsp3) is 0.192. The number of nitrogens with zero attached hydrogens (tertiary/aromatic N) is 1. The van der Waals surface area contributed by atoms with E-state index < -0.39 is 52.8 Å². The zero-order valence-electron chi connectivity index (χ0n) is 18.1. The first-order valence-corrected chi connectivity index (χ1v) is 10.7. The molecule has 0 radical (unpaired) electrons. The van der Waals surface area contributed by atoms with E-state index in [0.717, 1.165) is 4.90 Å². The van der Waals surface area contributed by atoms with Crippen molar-refractivity contribution in [2.45, 2.75) is 11.6 Å². The quantitative estimate of drug-likeness (QED) is 0.476. The molecule has 2 aliphatic heterocycles. The predicted molar refractivity (Wildman–Crippen MR) is 118 cm³/mol. The van der Waals surface area contributed by atoms with E-state index in [0.29, 0.717) is 16.8 Å². The number of fused-ring (bicyclic) bond motifs is 1. The van der Waals surface area contributed by atoms with Crippen molar-refractivity contribution in [3.63, 3.8) is 0 Å². The number of nitrogens with one attached hydrogen (secondary N) is 1. The maximum absolute atomic E-state index is 13.9. The van der Waals surface area contributed by atoms with Gasteiger partial charge in [-0.25, -0.2) is 13.7 Å². The minimum Gasteiger partial charge on any atom is -0.468 e. The van der Waals surface area contributed by atoms with Crippen LogP contribution in [0.2, 0.25) is 0 Å². The van der Waals surface area contributed by atoms with Crippen molar-refractivity contribution in [3.8, 4) is 0 Å². The van der Waals surface area contributed by atoms with Gasteiger partial charge in [-0.3, -0.25) is 19.7 Å². The number of hydrogen-bond donors (Lipinski definition) is 1. The molecular formula is C26H20F2N2O4. The van der Waals surface area contributed by atoms with Gasteiger partial charge in [-0.2, -0.15) is 0 Å². The van der Waals surface area contributed by atoms with Crippen molar-refractivity contribution in [1.29, 1.82) is 0 Å². The average molecular weight is 462 g/mol. The summed E-state index contributed by atoms with van der Waals surface area (Å²) in [6.45, 7) is 0. The van der Waals surface area contributed by atoms with Crippen LogP contribution < -0.4 is 10.2 Å². The van der Waals surface area contributed by atoms with E-state index in [-0.39, 0.29) is 0 Å². The lowest BCUT2D eigenvalue weighted by Gasteiger charge is -2.36. The van der Waals surface area contributed by atoms with Crippen LogP contribution in [0.3, 0.4) is 0 Å². The number of hydrogen-bond acceptors (Lipinski definition) is 5. The van der Waals surface area contributed by atoms with Crippen molar-refractivity contribution in [2.75, 3.05) is 12.0 Å². The maximum atomic E-state index is 13.9. The standard InChI is InChI=1S/C26H20F2N2O4/c1-34-25(33)22-20-21(24(32)30(23(20)31)19-5-3-2-4-6-19)26(29-22,15-7-11-17(27)12-8-15)16-9-13-18(28)14-10-16/h2-14,20-22,29H,1H3/t20-,21+,22+/m0/s1. The summed E-state index contributed by atoms with van der Waals surface area (Å²) in [7, 11) is 1.20. The fourth-order valence-electron chi connectivity index (χ4n) is 5.19. The van der Waals surface area contributed by atoms with Crippen molar-refractivity contribution in [2.24, 2.45) is 11.8 Å². The molecule has 8 heteroatoms. The van der Waals surface area contributed by atoms with Crippen LogP contribution in [-0.2, 0) is 24.7 Å². The minimum absolute atomic E-state index is 0.377. The van der Waals surface area contributed by atoms with E-state index in [9.17, 15) is 23.2 Å². The van der Waals surface area contributed by atoms with Crippen LogP contribution in [0.5, 0.6) is 0 Å². The molecular weight excluding hydrogens is 442 g/mol. The van der Waals surface area contributed by atoms with Crippen LogP contribution in [0.15, 0.2) is 78.9 Å². The summed E-state index contributed by atoms with van der Waals surface area (Å²) >= 11 is 0. The molecule has 0 aromatic heterocycles. The highest BCUT2D eigenvalue weighted by atomic mass is 19.1. The highest BCUT2D eigenvalue weighted by Gasteiger charge is 2.68. The normalized spacial score (nSPS) is 23.1. The Morgan fingerprint density at radius 1 is 0.853 bits per heavy atom. The number of rotatable bonds is 4. The number of benzene rings is 3. The molecule has 5 rings (SSSR count). The molecule has 2 fully saturated rings. The smallest absolute Gasteiger partial charge is 0.323 e. The van der Waals surface area contributed by atoms with Crippen LogP contribution in [0.1, 0.15) is 11.1 Å². The first kappa shape index (κ1) is 21.9. The number of amides is 2. The lowest BCUT2D eigenvalue weighted by molar-refractivity contribution is -0.145. The van der Waals surface area contributed by atoms with Crippen LogP contribution in [0, 0.1) is 23.5 Å². The molecule has 2 amide bonds. The van der Waals surface area contributed by atoms with E-state index in [1.807, 2.05) is 0 Å². The third kappa shape index (κ3) is 3.13. The van der Waals surface area contributed by atoms with E-state index in [4.69, 9.17) is 4.74 Å². The first-order chi connectivity index (χ1) is 16.4. The third-order valence-corrected chi connectivity index (χ3v) is 6.63. The van der Waals surface area contributed by atoms with E-state index >= 15 is 0 Å². The Hall–Kier alpha value is -3.91. The van der Waals surface area contributed by atoms with Gasteiger partial charge in [0.25, 0.3) is 0 Å². The molecule has 2 heterocycles. The molecule has 0 aliphatic carbocycles. The number of carbonyl (C=O) groups excluding carboxylic acids is 3. The number of ether oxygens (including phenoxy) is 1. The number of halogens is 2. The molecule has 3 aromatic carbocycles. The highest BCUT2D eigenvalue weighted by molar-refractivity contribution is 6.24. The zero-order chi connectivity index (χ0) is 24.0. The molecule has 6 nitrogen and oxygen atoms in total. The van der Waals surface area contributed by atoms with Crippen molar-refractivity contribution in [1.82, 2.24) is 5.32 Å². The Labute approximate surface area is 194 Å². The molecule has 172 valence electrons. The summed E-state index contributed by atoms with van der Waals surface area (Å²) < 4.78 is 32.6. The van der Waals surface area contributed by atoms with Crippen molar-refractivity contribution >= 4 is 23.5 Å². The minimum atomic E-state index is -1.42. The topological polar surface area (TPSA) is 75.7 Å². The van der Waals surface area contributed by atoms with Crippen molar-refractivity contribution < 1.29 is 27.9 Å². The third-order valence-electron chi connectivity index (χ3n) is 6.63. The predicted octanol–water partition coefficient (Wildman–Crippen LogP) is 3.16. The Morgan fingerprint density at radius 3 is 1.88 bits per heavy atom. The molecule has 0 unspecified atom stereocenters. The number of methoxy groups -OCH3 is 1. The molecule has 2 aliphatic rings. The van der Waals surface area contributed by atoms with Crippen LogP contribution in [-0.4, -0.2) is 30.9 Å². The monoisotopic (exact) mass is 462 g/mol. The summed E-state index contributed by atoms with van der Waals surface area (Å²) in [6.07, 6.45) is 0. The highest BCUT2D eigenvalue weighted by Crippen LogP contribution is 2.52. The number of imide groups is 1. The number of para-hydroxylation sites is 1. The molecule has 2 saturated heterocycles. The summed E-state index contributed by atoms with van der Waals surface area (Å²) in [6, 6.07) is 18.2. The largest absolute Gasteiger partial charge is 0.468 e. The molecule has 3 aromatic rings. The van der Waals surface area contributed by atoms with Gasteiger partial charge in [0.15, 0.2) is 0 Å². The van der Waals surface area contributed by atoms with Gasteiger partial charge in [0.2, 0.25) is 11.8 Å². The Morgan fingerprint density at radius 2 is 1.38 bits per heavy atom. The van der Waals surface area contributed by atoms with Gasteiger partial charge in [-0.1, -0.05) is 42.5 Å². The molecule has 0 saturated carbocycles. The molecule has 0 bridgehead atoms. The van der Waals surface area contributed by atoms with Gasteiger partial charge in [-0.15, -0.1) is 0 Å². The summed E-state index contributed by atoms with van der Waals surface area (Å²) in [5, 5.41) is 3.17. The zero-order valence-corrected chi connectivity index (χ0v) is 18.1. The fourth-order valence-corrected chi connectivity index (χ4v) is 5.19. The van der Waals surface area contributed by atoms with Gasteiger partial charge < -0.3 is 4.74 Å². The van der Waals surface area contributed by atoms with E-state index in [2.05, 4.69) is 5.32 Å². The molecule has 34 heavy (non-hydrogen) atoms. The second-order valence-corrected chi connectivity index (χ2v) is 8.32. The summed E-state index contributed by atoms with van der Waals surface area (Å²) in [5.41, 5.74) is -0.125. The van der Waals surface area contributed by atoms with Gasteiger partial charge in [0, 0.05) is 0 Å². The van der Waals surface area contributed by atoms with Crippen LogP contribution in [0.4, 0.5) is 14.5 Å². The van der Waals surface area contributed by atoms with Gasteiger partial charge in [0.1, 0.15) is 17.7 Å². The Bertz CT molecular complexity index is 1220. The second-order valence-electron chi connectivity index (χ2n) is 8.32. The molecule has 1 N–H and O–H groups in total. The van der Waals surface area contributed by atoms with Gasteiger partial charge in [-0.05, 0) is 47.5 Å². The SMILES string of the molecule is COC(=O)[C@@H]1NC(c2ccc(F)cc2)(c2ccc(F)cc2)[C@H]2C(=O)N(c3ccccc3)C(=O)[C@H]12. The average Bonchev–Trinajstić information content (AvgIpc) is 3.34. The van der Waals surface area contributed by atoms with E-state index in [1.54, 1.807) is 30.3 Å². The second kappa shape index (κ2) is 8.14. The Kier molecular flexibility index (Phi) is 5.25. The first-order valence-electron chi connectivity index (χ1n) is 10.7. The number of esters is 1. The summed E-state index contributed by atoms with van der Waals surface area (Å²) in [5.74, 6) is -4.91. The van der Waals surface area contributed by atoms with Crippen LogP contribution in [0.25, 0.3) is 0 Å². The molecule has 0 spiro atoms. The summed E-state index contributed by atoms with van der Waals surface area (Å²) in [4.78, 5) is 41.4. The Balaban J connectivity index is 1.76. The van der Waals surface area contributed by atoms with Gasteiger partial charge >= 0.3 is 5.97 Å². The van der Waals surface area contributed by atoms with Gasteiger partial charge in [0.05, 0.1) is 30.2 Å². The van der Waals surface area contributed by atoms with E-state index in [1.165, 1.54) is 55.6 Å². The van der Waals surface area contributed by atoms with Crippen LogP contribution >= 0.6 is 0 Å². The number of anilines is 1.